The molecule has 2 amide bonds. The van der Waals surface area contributed by atoms with Crippen LogP contribution in [0.1, 0.15) is 17.3 Å². The molecular formula is C14H18N2O4. The van der Waals surface area contributed by atoms with E-state index in [0.29, 0.717) is 25.4 Å². The fourth-order valence-electron chi connectivity index (χ4n) is 2.25. The molecule has 2 rings (SSSR count). The van der Waals surface area contributed by atoms with Gasteiger partial charge in [0.25, 0.3) is 0 Å². The van der Waals surface area contributed by atoms with Crippen LogP contribution in [-0.2, 0) is 4.74 Å². The Bertz CT molecular complexity index is 518. The summed E-state index contributed by atoms with van der Waals surface area (Å²) in [5, 5.41) is 9.18. The number of carbonyl (C=O) groups is 2. The van der Waals surface area contributed by atoms with E-state index in [4.69, 9.17) is 4.74 Å². The number of carboxylic acid groups (broad SMARTS) is 1. The first-order chi connectivity index (χ1) is 9.50. The number of carboxylic acids is 1. The fourth-order valence-corrected chi connectivity index (χ4v) is 2.25. The quantitative estimate of drug-likeness (QED) is 0.893. The number of carbonyl (C=O) groups excluding carboxylic acids is 1. The molecule has 1 N–H and O–H groups in total. The van der Waals surface area contributed by atoms with Crippen molar-refractivity contribution in [1.82, 2.24) is 4.90 Å². The minimum atomic E-state index is -1.05. The zero-order chi connectivity index (χ0) is 14.7. The van der Waals surface area contributed by atoms with Gasteiger partial charge in [0.05, 0.1) is 24.0 Å². The van der Waals surface area contributed by atoms with Gasteiger partial charge in [0, 0.05) is 20.1 Å². The van der Waals surface area contributed by atoms with E-state index in [2.05, 4.69) is 0 Å². The van der Waals surface area contributed by atoms with Crippen LogP contribution in [-0.4, -0.2) is 54.9 Å². The zero-order valence-electron chi connectivity index (χ0n) is 11.6. The molecule has 1 unspecified atom stereocenters. The van der Waals surface area contributed by atoms with Crippen LogP contribution in [0.4, 0.5) is 10.5 Å². The third-order valence-electron chi connectivity index (χ3n) is 3.29. The van der Waals surface area contributed by atoms with Crippen molar-refractivity contribution in [3.63, 3.8) is 0 Å². The SMILES string of the molecule is CC1CN(C(=O)N(C)c2ccccc2C(=O)O)CCO1. The first-order valence-electron chi connectivity index (χ1n) is 6.47. The summed E-state index contributed by atoms with van der Waals surface area (Å²) in [5.41, 5.74) is 0.508. The summed E-state index contributed by atoms with van der Waals surface area (Å²) in [6, 6.07) is 6.26. The van der Waals surface area contributed by atoms with Crippen LogP contribution in [0.25, 0.3) is 0 Å². The number of aromatic carboxylic acids is 1. The van der Waals surface area contributed by atoms with Crippen molar-refractivity contribution < 1.29 is 19.4 Å². The van der Waals surface area contributed by atoms with Crippen LogP contribution >= 0.6 is 0 Å². The number of rotatable bonds is 2. The average Bonchev–Trinajstić information content (AvgIpc) is 2.45. The number of amides is 2. The van der Waals surface area contributed by atoms with Crippen molar-refractivity contribution in [1.29, 1.82) is 0 Å². The number of ether oxygens (including phenoxy) is 1. The molecule has 0 aromatic heterocycles. The van der Waals surface area contributed by atoms with E-state index in [9.17, 15) is 14.7 Å². The van der Waals surface area contributed by atoms with E-state index >= 15 is 0 Å². The summed E-state index contributed by atoms with van der Waals surface area (Å²) >= 11 is 0. The number of urea groups is 1. The average molecular weight is 278 g/mol. The maximum atomic E-state index is 12.4. The molecule has 0 saturated carbocycles. The molecular weight excluding hydrogens is 260 g/mol. The fraction of sp³-hybridized carbons (Fsp3) is 0.429. The predicted octanol–water partition coefficient (Wildman–Crippen LogP) is 1.66. The number of morpholine rings is 1. The maximum absolute atomic E-state index is 12.4. The first kappa shape index (κ1) is 14.3. The molecule has 1 saturated heterocycles. The van der Waals surface area contributed by atoms with E-state index in [0.717, 1.165) is 0 Å². The predicted molar refractivity (Wildman–Crippen MR) is 74.2 cm³/mol. The maximum Gasteiger partial charge on any atom is 0.337 e. The standard InChI is InChI=1S/C14H18N2O4/c1-10-9-16(7-8-20-10)14(19)15(2)12-6-4-3-5-11(12)13(17)18/h3-6,10H,7-9H2,1-2H3,(H,17,18). The number of nitrogens with zero attached hydrogens (tertiary/aromatic N) is 2. The third-order valence-corrected chi connectivity index (χ3v) is 3.29. The van der Waals surface area contributed by atoms with E-state index in [1.165, 1.54) is 11.0 Å². The van der Waals surface area contributed by atoms with Gasteiger partial charge in [-0.15, -0.1) is 0 Å². The second kappa shape index (κ2) is 5.92. The summed E-state index contributed by atoms with van der Waals surface area (Å²) in [6.45, 7) is 3.44. The van der Waals surface area contributed by atoms with Crippen LogP contribution < -0.4 is 4.90 Å². The minimum Gasteiger partial charge on any atom is -0.478 e. The second-order valence-electron chi connectivity index (χ2n) is 4.79. The molecule has 0 spiro atoms. The highest BCUT2D eigenvalue weighted by molar-refractivity contribution is 6.01. The van der Waals surface area contributed by atoms with Crippen molar-refractivity contribution in [2.75, 3.05) is 31.6 Å². The van der Waals surface area contributed by atoms with E-state index in [-0.39, 0.29) is 17.7 Å². The molecule has 1 aliphatic heterocycles. The lowest BCUT2D eigenvalue weighted by molar-refractivity contribution is -0.00224. The highest BCUT2D eigenvalue weighted by atomic mass is 16.5. The molecule has 1 fully saturated rings. The smallest absolute Gasteiger partial charge is 0.337 e. The van der Waals surface area contributed by atoms with E-state index in [1.54, 1.807) is 30.1 Å². The molecule has 1 aromatic carbocycles. The summed E-state index contributed by atoms with van der Waals surface area (Å²) in [6.07, 6.45) is -0.00387. The van der Waals surface area contributed by atoms with Crippen LogP contribution in [0.5, 0.6) is 0 Å². The normalized spacial score (nSPS) is 18.7. The number of benzene rings is 1. The number of para-hydroxylation sites is 1. The summed E-state index contributed by atoms with van der Waals surface area (Å²) in [5.74, 6) is -1.05. The Morgan fingerprint density at radius 3 is 2.75 bits per heavy atom. The molecule has 6 heteroatoms. The topological polar surface area (TPSA) is 70.1 Å². The largest absolute Gasteiger partial charge is 0.478 e. The number of hydrogen-bond acceptors (Lipinski definition) is 3. The van der Waals surface area contributed by atoms with Gasteiger partial charge < -0.3 is 14.7 Å². The Hall–Kier alpha value is -2.08. The molecule has 0 aliphatic carbocycles. The van der Waals surface area contributed by atoms with Crippen LogP contribution in [0.15, 0.2) is 24.3 Å². The van der Waals surface area contributed by atoms with E-state index in [1.807, 2.05) is 6.92 Å². The number of anilines is 1. The summed E-state index contributed by atoms with van der Waals surface area (Å²) in [4.78, 5) is 26.7. The molecule has 0 radical (unpaired) electrons. The molecule has 1 heterocycles. The van der Waals surface area contributed by atoms with Crippen LogP contribution in [0.2, 0.25) is 0 Å². The van der Waals surface area contributed by atoms with Crippen LogP contribution in [0.3, 0.4) is 0 Å². The van der Waals surface area contributed by atoms with Crippen molar-refractivity contribution >= 4 is 17.7 Å². The van der Waals surface area contributed by atoms with Crippen molar-refractivity contribution in [2.45, 2.75) is 13.0 Å². The third kappa shape index (κ3) is 2.91. The van der Waals surface area contributed by atoms with Gasteiger partial charge in [0.2, 0.25) is 0 Å². The van der Waals surface area contributed by atoms with Crippen molar-refractivity contribution in [3.8, 4) is 0 Å². The van der Waals surface area contributed by atoms with Crippen molar-refractivity contribution in [3.05, 3.63) is 29.8 Å². The second-order valence-corrected chi connectivity index (χ2v) is 4.79. The minimum absolute atomic E-state index is 0.00387. The van der Waals surface area contributed by atoms with Gasteiger partial charge in [-0.1, -0.05) is 12.1 Å². The molecule has 0 bridgehead atoms. The molecule has 1 atom stereocenters. The highest BCUT2D eigenvalue weighted by Gasteiger charge is 2.26. The lowest BCUT2D eigenvalue weighted by atomic mass is 10.1. The van der Waals surface area contributed by atoms with Crippen molar-refractivity contribution in [2.24, 2.45) is 0 Å². The molecule has 6 nitrogen and oxygen atoms in total. The molecule has 1 aliphatic rings. The molecule has 20 heavy (non-hydrogen) atoms. The van der Waals surface area contributed by atoms with Gasteiger partial charge in [-0.05, 0) is 19.1 Å². The van der Waals surface area contributed by atoms with Crippen LogP contribution in [0, 0.1) is 0 Å². The van der Waals surface area contributed by atoms with Gasteiger partial charge in [-0.3, -0.25) is 4.90 Å². The summed E-state index contributed by atoms with van der Waals surface area (Å²) in [7, 11) is 1.59. The lowest BCUT2D eigenvalue weighted by Gasteiger charge is -2.34. The van der Waals surface area contributed by atoms with Gasteiger partial charge in [-0.2, -0.15) is 0 Å². The number of hydrogen-bond donors (Lipinski definition) is 1. The Kier molecular flexibility index (Phi) is 4.24. The Morgan fingerprint density at radius 1 is 1.40 bits per heavy atom. The Balaban J connectivity index is 2.20. The summed E-state index contributed by atoms with van der Waals surface area (Å²) < 4.78 is 5.40. The highest BCUT2D eigenvalue weighted by Crippen LogP contribution is 2.21. The lowest BCUT2D eigenvalue weighted by Crippen LogP contribution is -2.49. The van der Waals surface area contributed by atoms with Gasteiger partial charge in [-0.25, -0.2) is 9.59 Å². The van der Waals surface area contributed by atoms with Gasteiger partial charge >= 0.3 is 12.0 Å². The van der Waals surface area contributed by atoms with E-state index < -0.39 is 5.97 Å². The Morgan fingerprint density at radius 2 is 2.10 bits per heavy atom. The zero-order valence-corrected chi connectivity index (χ0v) is 11.6. The Labute approximate surface area is 117 Å². The van der Waals surface area contributed by atoms with Gasteiger partial charge in [0.15, 0.2) is 0 Å². The van der Waals surface area contributed by atoms with Gasteiger partial charge in [0.1, 0.15) is 0 Å². The molecule has 108 valence electrons. The monoisotopic (exact) mass is 278 g/mol. The first-order valence-corrected chi connectivity index (χ1v) is 6.47. The molecule has 1 aromatic rings.